The Kier molecular flexibility index (Phi) is 2.23. The van der Waals surface area contributed by atoms with Gasteiger partial charge in [-0.2, -0.15) is 0 Å². The van der Waals surface area contributed by atoms with Crippen molar-refractivity contribution in [3.05, 3.63) is 0 Å². The standard InChI is InChI=1S/C13H24O/c1-9-8-10(14)11-12(2,3)6-5-7-13(9,11)4/h9-11,14H,5-8H2,1-4H3/t9-,10?,11+,13+/m0/s1. The van der Waals surface area contributed by atoms with Gasteiger partial charge in [-0.05, 0) is 41.9 Å². The maximum absolute atomic E-state index is 10.2. The molecule has 0 aliphatic heterocycles. The summed E-state index contributed by atoms with van der Waals surface area (Å²) in [5.41, 5.74) is 0.748. The van der Waals surface area contributed by atoms with Crippen LogP contribution < -0.4 is 0 Å². The first-order valence-corrected chi connectivity index (χ1v) is 6.06. The minimum absolute atomic E-state index is 0.0506. The highest BCUT2D eigenvalue weighted by Crippen LogP contribution is 2.61. The first kappa shape index (κ1) is 10.5. The van der Waals surface area contributed by atoms with Crippen molar-refractivity contribution in [2.75, 3.05) is 0 Å². The molecule has 0 heterocycles. The molecule has 0 aromatic heterocycles. The molecule has 2 fully saturated rings. The summed E-state index contributed by atoms with van der Waals surface area (Å²) in [7, 11) is 0. The van der Waals surface area contributed by atoms with Crippen LogP contribution in [0.1, 0.15) is 53.4 Å². The normalized spacial score (nSPS) is 51.6. The van der Waals surface area contributed by atoms with Gasteiger partial charge in [0, 0.05) is 0 Å². The van der Waals surface area contributed by atoms with Gasteiger partial charge in [0.05, 0.1) is 6.10 Å². The smallest absolute Gasteiger partial charge is 0.0581 e. The highest BCUT2D eigenvalue weighted by molar-refractivity contribution is 5.05. The molecule has 0 spiro atoms. The molecule has 14 heavy (non-hydrogen) atoms. The Morgan fingerprint density at radius 2 is 1.79 bits per heavy atom. The topological polar surface area (TPSA) is 20.2 Å². The Morgan fingerprint density at radius 3 is 2.36 bits per heavy atom. The minimum Gasteiger partial charge on any atom is -0.393 e. The van der Waals surface area contributed by atoms with Crippen molar-refractivity contribution in [3.63, 3.8) is 0 Å². The van der Waals surface area contributed by atoms with Crippen LogP contribution in [0.4, 0.5) is 0 Å². The largest absolute Gasteiger partial charge is 0.393 e. The highest BCUT2D eigenvalue weighted by atomic mass is 16.3. The van der Waals surface area contributed by atoms with E-state index in [4.69, 9.17) is 0 Å². The van der Waals surface area contributed by atoms with Crippen molar-refractivity contribution in [2.24, 2.45) is 22.7 Å². The number of aliphatic hydroxyl groups is 1. The molecule has 0 saturated heterocycles. The molecule has 2 saturated carbocycles. The van der Waals surface area contributed by atoms with Gasteiger partial charge >= 0.3 is 0 Å². The molecular weight excluding hydrogens is 172 g/mol. The number of aliphatic hydroxyl groups excluding tert-OH is 1. The second-order valence-electron chi connectivity index (χ2n) is 6.53. The van der Waals surface area contributed by atoms with Crippen LogP contribution in [0.5, 0.6) is 0 Å². The Labute approximate surface area is 87.9 Å². The molecule has 1 unspecified atom stereocenters. The number of hydrogen-bond donors (Lipinski definition) is 1. The Bertz CT molecular complexity index is 233. The van der Waals surface area contributed by atoms with Gasteiger partial charge in [0.2, 0.25) is 0 Å². The Hall–Kier alpha value is -0.0400. The number of rotatable bonds is 0. The molecule has 0 aromatic rings. The fraction of sp³-hybridized carbons (Fsp3) is 1.00. The lowest BCUT2D eigenvalue weighted by Gasteiger charge is -2.49. The monoisotopic (exact) mass is 196 g/mol. The summed E-state index contributed by atoms with van der Waals surface area (Å²) in [4.78, 5) is 0. The van der Waals surface area contributed by atoms with Crippen LogP contribution in [0.2, 0.25) is 0 Å². The molecule has 2 rings (SSSR count). The van der Waals surface area contributed by atoms with E-state index in [0.29, 0.717) is 22.7 Å². The zero-order valence-corrected chi connectivity index (χ0v) is 10.0. The Morgan fingerprint density at radius 1 is 1.14 bits per heavy atom. The SMILES string of the molecule is C[C@H]1CC(O)[C@@H]2C(C)(C)CCC[C@@]21C. The van der Waals surface area contributed by atoms with E-state index in [-0.39, 0.29) is 6.10 Å². The first-order chi connectivity index (χ1) is 6.38. The van der Waals surface area contributed by atoms with Crippen LogP contribution in [0.15, 0.2) is 0 Å². The van der Waals surface area contributed by atoms with E-state index in [0.717, 1.165) is 6.42 Å². The predicted octanol–water partition coefficient (Wildman–Crippen LogP) is 3.22. The van der Waals surface area contributed by atoms with E-state index in [2.05, 4.69) is 27.7 Å². The molecule has 0 radical (unpaired) electrons. The molecular formula is C13H24O. The quantitative estimate of drug-likeness (QED) is 0.630. The molecule has 2 aliphatic rings. The van der Waals surface area contributed by atoms with Gasteiger partial charge in [-0.1, -0.05) is 34.1 Å². The van der Waals surface area contributed by atoms with E-state index in [9.17, 15) is 5.11 Å². The maximum atomic E-state index is 10.2. The average molecular weight is 196 g/mol. The minimum atomic E-state index is -0.0506. The summed E-state index contributed by atoms with van der Waals surface area (Å²) >= 11 is 0. The third kappa shape index (κ3) is 1.25. The highest BCUT2D eigenvalue weighted by Gasteiger charge is 2.56. The summed E-state index contributed by atoms with van der Waals surface area (Å²) in [6, 6.07) is 0. The van der Waals surface area contributed by atoms with Gasteiger partial charge in [-0.25, -0.2) is 0 Å². The first-order valence-electron chi connectivity index (χ1n) is 6.06. The van der Waals surface area contributed by atoms with Crippen LogP contribution in [-0.4, -0.2) is 11.2 Å². The van der Waals surface area contributed by atoms with E-state index < -0.39 is 0 Å². The molecule has 0 bridgehead atoms. The van der Waals surface area contributed by atoms with Crippen molar-refractivity contribution >= 4 is 0 Å². The third-order valence-electron chi connectivity index (χ3n) is 5.19. The van der Waals surface area contributed by atoms with Crippen molar-refractivity contribution < 1.29 is 5.11 Å². The van der Waals surface area contributed by atoms with E-state index in [1.165, 1.54) is 19.3 Å². The van der Waals surface area contributed by atoms with Crippen LogP contribution >= 0.6 is 0 Å². The van der Waals surface area contributed by atoms with Gasteiger partial charge in [0.25, 0.3) is 0 Å². The average Bonchev–Trinajstić information content (AvgIpc) is 2.22. The van der Waals surface area contributed by atoms with Gasteiger partial charge in [-0.3, -0.25) is 0 Å². The number of hydrogen-bond acceptors (Lipinski definition) is 1. The summed E-state index contributed by atoms with van der Waals surface area (Å²) in [5.74, 6) is 1.22. The fourth-order valence-corrected chi connectivity index (χ4v) is 4.41. The van der Waals surface area contributed by atoms with Gasteiger partial charge < -0.3 is 5.11 Å². The second kappa shape index (κ2) is 2.98. The van der Waals surface area contributed by atoms with Crippen molar-refractivity contribution in [1.82, 2.24) is 0 Å². The van der Waals surface area contributed by atoms with Crippen molar-refractivity contribution in [2.45, 2.75) is 59.5 Å². The summed E-state index contributed by atoms with van der Waals surface area (Å²) in [6.07, 6.45) is 4.92. The predicted molar refractivity (Wildman–Crippen MR) is 59.0 cm³/mol. The van der Waals surface area contributed by atoms with Crippen LogP contribution in [-0.2, 0) is 0 Å². The van der Waals surface area contributed by atoms with Gasteiger partial charge in [-0.15, -0.1) is 0 Å². The Balaban J connectivity index is 2.35. The van der Waals surface area contributed by atoms with Crippen LogP contribution in [0, 0.1) is 22.7 Å². The third-order valence-corrected chi connectivity index (χ3v) is 5.19. The van der Waals surface area contributed by atoms with Crippen LogP contribution in [0.25, 0.3) is 0 Å². The molecule has 0 aromatic carbocycles. The summed E-state index contributed by atoms with van der Waals surface area (Å²) < 4.78 is 0. The lowest BCUT2D eigenvalue weighted by atomic mass is 9.56. The molecule has 0 amide bonds. The molecule has 82 valence electrons. The van der Waals surface area contributed by atoms with Crippen LogP contribution in [0.3, 0.4) is 0 Å². The fourth-order valence-electron chi connectivity index (χ4n) is 4.41. The second-order valence-corrected chi connectivity index (χ2v) is 6.53. The molecule has 1 N–H and O–H groups in total. The lowest BCUT2D eigenvalue weighted by molar-refractivity contribution is -0.0448. The summed E-state index contributed by atoms with van der Waals surface area (Å²) in [5, 5.41) is 10.2. The van der Waals surface area contributed by atoms with Gasteiger partial charge in [0.15, 0.2) is 0 Å². The van der Waals surface area contributed by atoms with Crippen molar-refractivity contribution in [1.29, 1.82) is 0 Å². The zero-order chi connectivity index (χ0) is 10.6. The van der Waals surface area contributed by atoms with E-state index in [1.54, 1.807) is 0 Å². The molecule has 2 aliphatic carbocycles. The van der Waals surface area contributed by atoms with Crippen molar-refractivity contribution in [3.8, 4) is 0 Å². The molecule has 4 atom stereocenters. The lowest BCUT2D eigenvalue weighted by Crippen LogP contribution is -2.44. The maximum Gasteiger partial charge on any atom is 0.0581 e. The molecule has 1 heteroatoms. The molecule has 1 nitrogen and oxygen atoms in total. The summed E-state index contributed by atoms with van der Waals surface area (Å²) in [6.45, 7) is 9.41. The van der Waals surface area contributed by atoms with E-state index in [1.807, 2.05) is 0 Å². The van der Waals surface area contributed by atoms with E-state index >= 15 is 0 Å². The number of fused-ring (bicyclic) bond motifs is 1. The zero-order valence-electron chi connectivity index (χ0n) is 10.0. The van der Waals surface area contributed by atoms with Gasteiger partial charge in [0.1, 0.15) is 0 Å².